The van der Waals surface area contributed by atoms with Crippen LogP contribution in [-0.2, 0) is 0 Å². The molecule has 0 unspecified atom stereocenters. The maximum atomic E-state index is 4.25. The fourth-order valence-electron chi connectivity index (χ4n) is 1.23. The molecule has 0 bridgehead atoms. The van der Waals surface area contributed by atoms with Gasteiger partial charge in [0.25, 0.3) is 0 Å². The van der Waals surface area contributed by atoms with Gasteiger partial charge in [-0.1, -0.05) is 28.6 Å². The molecule has 0 N–H and O–H groups in total. The lowest BCUT2D eigenvalue weighted by Crippen LogP contribution is -1.98. The summed E-state index contributed by atoms with van der Waals surface area (Å²) in [5, 5.41) is 12.2. The molecule has 5 heteroatoms. The average Bonchev–Trinajstić information content (AvgIpc) is 2.78. The second kappa shape index (κ2) is 5.05. The second-order valence-electron chi connectivity index (χ2n) is 3.51. The lowest BCUT2D eigenvalue weighted by Gasteiger charge is -1.96. The Kier molecular flexibility index (Phi) is 3.49. The molecule has 2 rings (SSSR count). The van der Waals surface area contributed by atoms with Crippen LogP contribution in [0.5, 0.6) is 0 Å². The van der Waals surface area contributed by atoms with E-state index in [1.54, 1.807) is 6.08 Å². The van der Waals surface area contributed by atoms with E-state index in [9.17, 15) is 0 Å². The third-order valence-electron chi connectivity index (χ3n) is 2.17. The van der Waals surface area contributed by atoms with Gasteiger partial charge in [0, 0.05) is 4.47 Å². The minimum atomic E-state index is 0.574. The monoisotopic (exact) mass is 290 g/mol. The highest BCUT2D eigenvalue weighted by Crippen LogP contribution is 2.12. The highest BCUT2D eigenvalue weighted by atomic mass is 79.9. The predicted octanol–water partition coefficient (Wildman–Crippen LogP) is 3.01. The van der Waals surface area contributed by atoms with E-state index in [2.05, 4.69) is 37.9 Å². The Morgan fingerprint density at radius 2 is 2.06 bits per heavy atom. The lowest BCUT2D eigenvalue weighted by atomic mass is 10.3. The molecule has 2 aromatic rings. The minimum absolute atomic E-state index is 0.574. The smallest absolute Gasteiger partial charge is 0.131 e. The van der Waals surface area contributed by atoms with E-state index < -0.39 is 0 Å². The molecule has 1 heterocycles. The SMILES string of the molecule is C=C/C(C)=C/c1nnn(-c2ccc(Br)cc2)n1. The number of aromatic nitrogens is 4. The summed E-state index contributed by atoms with van der Waals surface area (Å²) in [6.07, 6.45) is 3.58. The number of allylic oxidation sites excluding steroid dienone is 2. The summed E-state index contributed by atoms with van der Waals surface area (Å²) in [6.45, 7) is 5.61. The number of hydrogen-bond acceptors (Lipinski definition) is 3. The molecule has 1 aromatic carbocycles. The summed E-state index contributed by atoms with van der Waals surface area (Å²) in [5.74, 6) is 0.574. The van der Waals surface area contributed by atoms with E-state index in [1.165, 1.54) is 4.80 Å². The maximum absolute atomic E-state index is 4.25. The highest BCUT2D eigenvalue weighted by molar-refractivity contribution is 9.10. The molecule has 86 valence electrons. The van der Waals surface area contributed by atoms with Gasteiger partial charge >= 0.3 is 0 Å². The van der Waals surface area contributed by atoms with Crippen LogP contribution in [0.25, 0.3) is 11.8 Å². The zero-order chi connectivity index (χ0) is 12.3. The Balaban J connectivity index is 2.29. The Morgan fingerprint density at radius 3 is 2.71 bits per heavy atom. The molecular weight excluding hydrogens is 280 g/mol. The summed E-state index contributed by atoms with van der Waals surface area (Å²) in [7, 11) is 0. The van der Waals surface area contributed by atoms with Crippen molar-refractivity contribution in [3.05, 3.63) is 52.8 Å². The molecule has 0 saturated heterocycles. The largest absolute Gasteiger partial charge is 0.198 e. The number of halogens is 1. The summed E-state index contributed by atoms with van der Waals surface area (Å²) in [6, 6.07) is 7.70. The van der Waals surface area contributed by atoms with Crippen molar-refractivity contribution in [3.8, 4) is 5.69 Å². The first-order chi connectivity index (χ1) is 8.19. The van der Waals surface area contributed by atoms with Crippen LogP contribution in [-0.4, -0.2) is 20.2 Å². The van der Waals surface area contributed by atoms with Crippen molar-refractivity contribution >= 4 is 22.0 Å². The van der Waals surface area contributed by atoms with E-state index in [4.69, 9.17) is 0 Å². The minimum Gasteiger partial charge on any atom is -0.131 e. The van der Waals surface area contributed by atoms with Gasteiger partial charge in [0.2, 0.25) is 0 Å². The van der Waals surface area contributed by atoms with Crippen LogP contribution < -0.4 is 0 Å². The Hall–Kier alpha value is -1.75. The van der Waals surface area contributed by atoms with Gasteiger partial charge in [-0.25, -0.2) is 0 Å². The normalized spacial score (nSPS) is 11.5. The van der Waals surface area contributed by atoms with Gasteiger partial charge in [-0.3, -0.25) is 0 Å². The van der Waals surface area contributed by atoms with Crippen LogP contribution in [0, 0.1) is 0 Å². The Morgan fingerprint density at radius 1 is 1.35 bits per heavy atom. The first-order valence-electron chi connectivity index (χ1n) is 5.06. The number of nitrogens with zero attached hydrogens (tertiary/aromatic N) is 4. The van der Waals surface area contributed by atoms with E-state index in [0.29, 0.717) is 5.82 Å². The van der Waals surface area contributed by atoms with E-state index in [1.807, 2.05) is 37.3 Å². The van der Waals surface area contributed by atoms with Crippen LogP contribution in [0.15, 0.2) is 47.0 Å². The molecular formula is C12H11BrN4. The van der Waals surface area contributed by atoms with Crippen LogP contribution in [0.4, 0.5) is 0 Å². The van der Waals surface area contributed by atoms with Crippen LogP contribution in [0.3, 0.4) is 0 Å². The first kappa shape index (κ1) is 11.7. The van der Waals surface area contributed by atoms with Gasteiger partial charge in [0.15, 0.2) is 5.82 Å². The van der Waals surface area contributed by atoms with E-state index in [-0.39, 0.29) is 0 Å². The van der Waals surface area contributed by atoms with Gasteiger partial charge < -0.3 is 0 Å². The second-order valence-corrected chi connectivity index (χ2v) is 4.42. The molecule has 0 radical (unpaired) electrons. The summed E-state index contributed by atoms with van der Waals surface area (Å²) >= 11 is 3.38. The molecule has 0 aliphatic carbocycles. The molecule has 4 nitrogen and oxygen atoms in total. The van der Waals surface area contributed by atoms with Gasteiger partial charge in [0.05, 0.1) is 5.69 Å². The molecule has 0 fully saturated rings. The predicted molar refractivity (Wildman–Crippen MR) is 70.7 cm³/mol. The molecule has 0 spiro atoms. The van der Waals surface area contributed by atoms with Crippen molar-refractivity contribution in [1.82, 2.24) is 20.2 Å². The van der Waals surface area contributed by atoms with Crippen molar-refractivity contribution < 1.29 is 0 Å². The van der Waals surface area contributed by atoms with E-state index >= 15 is 0 Å². The van der Waals surface area contributed by atoms with Gasteiger partial charge in [-0.2, -0.15) is 0 Å². The Labute approximate surface area is 108 Å². The van der Waals surface area contributed by atoms with Crippen molar-refractivity contribution in [2.24, 2.45) is 0 Å². The number of benzene rings is 1. The van der Waals surface area contributed by atoms with Crippen molar-refractivity contribution in [2.75, 3.05) is 0 Å². The summed E-state index contributed by atoms with van der Waals surface area (Å²) in [4.78, 5) is 1.49. The average molecular weight is 291 g/mol. The van der Waals surface area contributed by atoms with Gasteiger partial charge in [0.1, 0.15) is 0 Å². The molecule has 0 aliphatic rings. The number of hydrogen-bond donors (Lipinski definition) is 0. The molecule has 0 saturated carbocycles. The summed E-state index contributed by atoms with van der Waals surface area (Å²) in [5.41, 5.74) is 1.87. The molecule has 1 aromatic heterocycles. The van der Waals surface area contributed by atoms with Crippen LogP contribution in [0.1, 0.15) is 12.7 Å². The number of tetrazole rings is 1. The third kappa shape index (κ3) is 2.88. The maximum Gasteiger partial charge on any atom is 0.198 e. The molecule has 0 aliphatic heterocycles. The standard InChI is InChI=1S/C12H11BrN4/c1-3-9(2)8-12-14-16-17(15-12)11-6-4-10(13)5-7-11/h3-8H,1H2,2H3/b9-8+. The fourth-order valence-corrected chi connectivity index (χ4v) is 1.49. The Bertz CT molecular complexity index is 554. The van der Waals surface area contributed by atoms with E-state index in [0.717, 1.165) is 15.7 Å². The summed E-state index contributed by atoms with van der Waals surface area (Å²) < 4.78 is 1.02. The highest BCUT2D eigenvalue weighted by Gasteiger charge is 2.02. The zero-order valence-electron chi connectivity index (χ0n) is 9.34. The molecule has 17 heavy (non-hydrogen) atoms. The topological polar surface area (TPSA) is 43.6 Å². The number of rotatable bonds is 3. The zero-order valence-corrected chi connectivity index (χ0v) is 10.9. The van der Waals surface area contributed by atoms with Gasteiger partial charge in [-0.15, -0.1) is 15.0 Å². The lowest BCUT2D eigenvalue weighted by molar-refractivity contribution is 0.719. The molecule has 0 atom stereocenters. The molecule has 0 amide bonds. The van der Waals surface area contributed by atoms with Crippen LogP contribution >= 0.6 is 15.9 Å². The van der Waals surface area contributed by atoms with Crippen molar-refractivity contribution in [1.29, 1.82) is 0 Å². The van der Waals surface area contributed by atoms with Crippen molar-refractivity contribution in [3.63, 3.8) is 0 Å². The van der Waals surface area contributed by atoms with Crippen LogP contribution in [0.2, 0.25) is 0 Å². The quantitative estimate of drug-likeness (QED) is 0.816. The first-order valence-corrected chi connectivity index (χ1v) is 5.85. The third-order valence-corrected chi connectivity index (χ3v) is 2.69. The fraction of sp³-hybridized carbons (Fsp3) is 0.0833. The van der Waals surface area contributed by atoms with Crippen molar-refractivity contribution in [2.45, 2.75) is 6.92 Å². The van der Waals surface area contributed by atoms with Gasteiger partial charge in [-0.05, 0) is 48.1 Å².